The Kier molecular flexibility index (Phi) is 2.95. The van der Waals surface area contributed by atoms with Gasteiger partial charge in [0.1, 0.15) is 6.54 Å². The van der Waals surface area contributed by atoms with Gasteiger partial charge in [-0.05, 0) is 19.9 Å². The summed E-state index contributed by atoms with van der Waals surface area (Å²) in [5.74, 6) is -0.104. The number of rotatable bonds is 3. The summed E-state index contributed by atoms with van der Waals surface area (Å²) in [4.78, 5) is 11.8. The largest absolute Gasteiger partial charge is 0.322 e. The van der Waals surface area contributed by atoms with E-state index in [4.69, 9.17) is 0 Å². The maximum atomic E-state index is 11.8. The van der Waals surface area contributed by atoms with Gasteiger partial charge in [-0.25, -0.2) is 0 Å². The Labute approximate surface area is 99.2 Å². The van der Waals surface area contributed by atoms with Gasteiger partial charge in [0, 0.05) is 25.1 Å². The van der Waals surface area contributed by atoms with Crippen LogP contribution in [0, 0.1) is 13.8 Å². The summed E-state index contributed by atoms with van der Waals surface area (Å²) in [7, 11) is 1.82. The zero-order valence-corrected chi connectivity index (χ0v) is 10.1. The third-order valence-electron chi connectivity index (χ3n) is 2.51. The van der Waals surface area contributed by atoms with E-state index in [-0.39, 0.29) is 12.5 Å². The number of amides is 1. The molecule has 2 rings (SSSR count). The van der Waals surface area contributed by atoms with Gasteiger partial charge in [0.05, 0.1) is 11.4 Å². The SMILES string of the molecule is Cc1nn(C)cc1NC(=O)Cn1nccc1C. The lowest BCUT2D eigenvalue weighted by Crippen LogP contribution is -2.20. The molecule has 1 amide bonds. The molecule has 2 aromatic heterocycles. The number of hydrogen-bond acceptors (Lipinski definition) is 3. The highest BCUT2D eigenvalue weighted by atomic mass is 16.2. The molecular formula is C11H15N5O. The molecule has 0 saturated carbocycles. The Morgan fingerprint density at radius 1 is 1.47 bits per heavy atom. The quantitative estimate of drug-likeness (QED) is 0.855. The predicted molar refractivity (Wildman–Crippen MR) is 63.5 cm³/mol. The zero-order chi connectivity index (χ0) is 12.4. The number of nitrogens with zero attached hydrogens (tertiary/aromatic N) is 4. The Balaban J connectivity index is 2.03. The maximum Gasteiger partial charge on any atom is 0.246 e. The van der Waals surface area contributed by atoms with Crippen molar-refractivity contribution >= 4 is 11.6 Å². The van der Waals surface area contributed by atoms with Crippen molar-refractivity contribution in [1.29, 1.82) is 0 Å². The van der Waals surface area contributed by atoms with Crippen molar-refractivity contribution in [3.63, 3.8) is 0 Å². The van der Waals surface area contributed by atoms with Crippen LogP contribution in [-0.2, 0) is 18.4 Å². The third-order valence-corrected chi connectivity index (χ3v) is 2.51. The minimum absolute atomic E-state index is 0.104. The second-order valence-electron chi connectivity index (χ2n) is 3.98. The van der Waals surface area contributed by atoms with Crippen LogP contribution in [-0.4, -0.2) is 25.5 Å². The fraction of sp³-hybridized carbons (Fsp3) is 0.364. The van der Waals surface area contributed by atoms with Crippen LogP contribution in [0.25, 0.3) is 0 Å². The lowest BCUT2D eigenvalue weighted by atomic mass is 10.4. The molecule has 2 aromatic rings. The summed E-state index contributed by atoms with van der Waals surface area (Å²) >= 11 is 0. The molecule has 90 valence electrons. The summed E-state index contributed by atoms with van der Waals surface area (Å²) in [5.41, 5.74) is 2.50. The van der Waals surface area contributed by atoms with Crippen LogP contribution in [0.1, 0.15) is 11.4 Å². The number of carbonyl (C=O) groups excluding carboxylic acids is 1. The molecule has 0 aliphatic rings. The molecule has 0 atom stereocenters. The van der Waals surface area contributed by atoms with Gasteiger partial charge in [-0.3, -0.25) is 14.2 Å². The summed E-state index contributed by atoms with van der Waals surface area (Å²) in [6.07, 6.45) is 3.46. The Hall–Kier alpha value is -2.11. The van der Waals surface area contributed by atoms with Crippen molar-refractivity contribution in [2.75, 3.05) is 5.32 Å². The van der Waals surface area contributed by atoms with Gasteiger partial charge in [0.15, 0.2) is 0 Å². The van der Waals surface area contributed by atoms with Crippen molar-refractivity contribution < 1.29 is 4.79 Å². The van der Waals surface area contributed by atoms with E-state index in [9.17, 15) is 4.79 Å². The first-order valence-corrected chi connectivity index (χ1v) is 5.35. The average molecular weight is 233 g/mol. The van der Waals surface area contributed by atoms with E-state index in [0.717, 1.165) is 17.1 Å². The van der Waals surface area contributed by atoms with E-state index in [1.54, 1.807) is 21.8 Å². The van der Waals surface area contributed by atoms with Crippen LogP contribution in [0.3, 0.4) is 0 Å². The number of nitrogens with one attached hydrogen (secondary N) is 1. The lowest BCUT2D eigenvalue weighted by molar-refractivity contribution is -0.116. The zero-order valence-electron chi connectivity index (χ0n) is 10.1. The van der Waals surface area contributed by atoms with E-state index >= 15 is 0 Å². The molecule has 0 aliphatic carbocycles. The second kappa shape index (κ2) is 4.40. The van der Waals surface area contributed by atoms with Gasteiger partial charge in [0.2, 0.25) is 5.91 Å². The molecule has 17 heavy (non-hydrogen) atoms. The molecule has 0 aliphatic heterocycles. The van der Waals surface area contributed by atoms with Gasteiger partial charge in [-0.1, -0.05) is 0 Å². The molecule has 0 fully saturated rings. The fourth-order valence-electron chi connectivity index (χ4n) is 1.61. The van der Waals surface area contributed by atoms with Crippen LogP contribution in [0.15, 0.2) is 18.5 Å². The molecule has 2 heterocycles. The molecular weight excluding hydrogens is 218 g/mol. The number of aromatic nitrogens is 4. The monoisotopic (exact) mass is 233 g/mol. The van der Waals surface area contributed by atoms with Gasteiger partial charge in [0.25, 0.3) is 0 Å². The second-order valence-corrected chi connectivity index (χ2v) is 3.98. The van der Waals surface area contributed by atoms with Crippen molar-refractivity contribution in [2.24, 2.45) is 7.05 Å². The summed E-state index contributed by atoms with van der Waals surface area (Å²) in [6, 6.07) is 1.86. The van der Waals surface area contributed by atoms with Crippen LogP contribution in [0.2, 0.25) is 0 Å². The fourth-order valence-corrected chi connectivity index (χ4v) is 1.61. The predicted octanol–water partition coefficient (Wildman–Crippen LogP) is 0.872. The average Bonchev–Trinajstić information content (AvgIpc) is 2.75. The van der Waals surface area contributed by atoms with Crippen molar-refractivity contribution in [2.45, 2.75) is 20.4 Å². The minimum atomic E-state index is -0.104. The number of hydrogen-bond donors (Lipinski definition) is 1. The van der Waals surface area contributed by atoms with Crippen molar-refractivity contribution in [3.8, 4) is 0 Å². The highest BCUT2D eigenvalue weighted by Crippen LogP contribution is 2.11. The molecule has 0 radical (unpaired) electrons. The van der Waals surface area contributed by atoms with E-state index in [1.165, 1.54) is 0 Å². The number of aryl methyl sites for hydroxylation is 3. The van der Waals surface area contributed by atoms with E-state index in [2.05, 4.69) is 15.5 Å². The molecule has 6 nitrogen and oxygen atoms in total. The number of anilines is 1. The summed E-state index contributed by atoms with van der Waals surface area (Å²) in [5, 5.41) is 11.0. The first kappa shape index (κ1) is 11.4. The van der Waals surface area contributed by atoms with Gasteiger partial charge >= 0.3 is 0 Å². The Morgan fingerprint density at radius 2 is 2.24 bits per heavy atom. The third kappa shape index (κ3) is 2.52. The standard InChI is InChI=1S/C11H15N5O/c1-8-4-5-12-16(8)7-11(17)13-10-6-15(3)14-9(10)2/h4-6H,7H2,1-3H3,(H,13,17). The molecule has 0 bridgehead atoms. The van der Waals surface area contributed by atoms with Gasteiger partial charge in [-0.15, -0.1) is 0 Å². The minimum Gasteiger partial charge on any atom is -0.322 e. The normalized spacial score (nSPS) is 10.5. The van der Waals surface area contributed by atoms with Crippen molar-refractivity contribution in [3.05, 3.63) is 29.8 Å². The van der Waals surface area contributed by atoms with E-state index in [0.29, 0.717) is 0 Å². The molecule has 0 saturated heterocycles. The summed E-state index contributed by atoms with van der Waals surface area (Å²) in [6.45, 7) is 3.98. The highest BCUT2D eigenvalue weighted by Gasteiger charge is 2.09. The van der Waals surface area contributed by atoms with Gasteiger partial charge < -0.3 is 5.32 Å². The van der Waals surface area contributed by atoms with E-state index in [1.807, 2.05) is 27.0 Å². The highest BCUT2D eigenvalue weighted by molar-refractivity contribution is 5.90. The van der Waals surface area contributed by atoms with E-state index < -0.39 is 0 Å². The van der Waals surface area contributed by atoms with Crippen LogP contribution in [0.4, 0.5) is 5.69 Å². The first-order chi connectivity index (χ1) is 8.06. The Morgan fingerprint density at radius 3 is 2.76 bits per heavy atom. The Bertz CT molecular complexity index is 540. The van der Waals surface area contributed by atoms with Crippen LogP contribution < -0.4 is 5.32 Å². The molecule has 6 heteroatoms. The summed E-state index contributed by atoms with van der Waals surface area (Å²) < 4.78 is 3.32. The molecule has 0 unspecified atom stereocenters. The molecule has 0 aromatic carbocycles. The lowest BCUT2D eigenvalue weighted by Gasteiger charge is -2.05. The number of carbonyl (C=O) groups is 1. The van der Waals surface area contributed by atoms with Crippen LogP contribution >= 0.6 is 0 Å². The van der Waals surface area contributed by atoms with Crippen molar-refractivity contribution in [1.82, 2.24) is 19.6 Å². The molecule has 1 N–H and O–H groups in total. The molecule has 0 spiro atoms. The first-order valence-electron chi connectivity index (χ1n) is 5.35. The smallest absolute Gasteiger partial charge is 0.246 e. The van der Waals surface area contributed by atoms with Gasteiger partial charge in [-0.2, -0.15) is 10.2 Å². The van der Waals surface area contributed by atoms with Crippen LogP contribution in [0.5, 0.6) is 0 Å². The maximum absolute atomic E-state index is 11.8. The topological polar surface area (TPSA) is 64.7 Å².